The summed E-state index contributed by atoms with van der Waals surface area (Å²) in [6.45, 7) is 0. The zero-order valence-electron chi connectivity index (χ0n) is 7.10. The van der Waals surface area contributed by atoms with Gasteiger partial charge in [0.25, 0.3) is 0 Å². The maximum atomic E-state index is 11.7. The van der Waals surface area contributed by atoms with Gasteiger partial charge in [-0.2, -0.15) is 13.2 Å². The van der Waals surface area contributed by atoms with E-state index >= 15 is 0 Å². The number of halogens is 3. The predicted molar refractivity (Wildman–Crippen MR) is 47.9 cm³/mol. The molecule has 0 unspecified atom stereocenters. The zero-order valence-corrected chi connectivity index (χ0v) is 7.92. The van der Waals surface area contributed by atoms with E-state index in [2.05, 4.69) is 0 Å². The Morgan fingerprint density at radius 2 is 2.00 bits per heavy atom. The molecule has 0 saturated carbocycles. The van der Waals surface area contributed by atoms with Gasteiger partial charge in [-0.3, -0.25) is 0 Å². The second-order valence-electron chi connectivity index (χ2n) is 2.90. The number of hydrogen-bond acceptors (Lipinski definition) is 1. The fourth-order valence-electron chi connectivity index (χ4n) is 1.08. The van der Waals surface area contributed by atoms with Crippen LogP contribution in [0.2, 0.25) is 0 Å². The first kappa shape index (κ1) is 10.6. The predicted octanol–water partition coefficient (Wildman–Crippen LogP) is 4.02. The average molecular weight is 208 g/mol. The van der Waals surface area contributed by atoms with Gasteiger partial charge in [0.05, 0.1) is 0 Å². The summed E-state index contributed by atoms with van der Waals surface area (Å²) in [5.74, 6) is 0. The summed E-state index contributed by atoms with van der Waals surface area (Å²) in [6, 6.07) is 3.88. The molecular formula is C9H11F3S. The lowest BCUT2D eigenvalue weighted by Crippen LogP contribution is -2.06. The van der Waals surface area contributed by atoms with Crippen molar-refractivity contribution in [1.29, 1.82) is 0 Å². The Hall–Kier alpha value is -0.510. The Morgan fingerprint density at radius 3 is 2.54 bits per heavy atom. The van der Waals surface area contributed by atoms with Gasteiger partial charge >= 0.3 is 6.18 Å². The third-order valence-electron chi connectivity index (χ3n) is 1.71. The lowest BCUT2D eigenvalue weighted by Gasteiger charge is -2.04. The first-order valence-corrected chi connectivity index (χ1v) is 5.05. The molecule has 0 N–H and O–H groups in total. The van der Waals surface area contributed by atoms with E-state index in [0.717, 1.165) is 6.42 Å². The summed E-state index contributed by atoms with van der Waals surface area (Å²) in [5.41, 5.74) is 0. The van der Waals surface area contributed by atoms with Crippen molar-refractivity contribution in [3.63, 3.8) is 0 Å². The van der Waals surface area contributed by atoms with E-state index in [1.54, 1.807) is 11.3 Å². The van der Waals surface area contributed by atoms with Crippen LogP contribution in [0.1, 0.15) is 24.1 Å². The monoisotopic (exact) mass is 208 g/mol. The molecule has 0 spiro atoms. The lowest BCUT2D eigenvalue weighted by molar-refractivity contribution is -0.135. The summed E-state index contributed by atoms with van der Waals surface area (Å²) < 4.78 is 35.2. The molecule has 0 aliphatic heterocycles. The average Bonchev–Trinajstić information content (AvgIpc) is 2.48. The molecule has 1 heterocycles. The lowest BCUT2D eigenvalue weighted by atomic mass is 10.2. The van der Waals surface area contributed by atoms with E-state index in [4.69, 9.17) is 0 Å². The summed E-state index contributed by atoms with van der Waals surface area (Å²) >= 11 is 1.60. The number of hydrogen-bond donors (Lipinski definition) is 0. The van der Waals surface area contributed by atoms with Crippen LogP contribution >= 0.6 is 11.3 Å². The Morgan fingerprint density at radius 1 is 1.23 bits per heavy atom. The Labute approximate surface area is 79.4 Å². The molecule has 0 atom stereocenters. The van der Waals surface area contributed by atoms with Gasteiger partial charge in [-0.1, -0.05) is 6.07 Å². The number of thiophene rings is 1. The fraction of sp³-hybridized carbons (Fsp3) is 0.556. The third kappa shape index (κ3) is 4.93. The molecule has 1 rings (SSSR count). The molecule has 1 aromatic rings. The number of aryl methyl sites for hydroxylation is 1. The zero-order chi connectivity index (χ0) is 9.73. The smallest absolute Gasteiger partial charge is 0.171 e. The first-order chi connectivity index (χ1) is 6.08. The van der Waals surface area contributed by atoms with Gasteiger partial charge < -0.3 is 0 Å². The van der Waals surface area contributed by atoms with Crippen molar-refractivity contribution in [3.8, 4) is 0 Å². The van der Waals surface area contributed by atoms with Crippen LogP contribution in [0.3, 0.4) is 0 Å². The highest BCUT2D eigenvalue weighted by molar-refractivity contribution is 7.09. The van der Waals surface area contributed by atoms with Crippen LogP contribution in [0.15, 0.2) is 17.5 Å². The number of alkyl halides is 3. The van der Waals surface area contributed by atoms with E-state index in [0.29, 0.717) is 6.42 Å². The second kappa shape index (κ2) is 4.65. The topological polar surface area (TPSA) is 0 Å². The van der Waals surface area contributed by atoms with E-state index in [9.17, 15) is 13.2 Å². The standard InChI is InChI=1S/C9H11F3S/c10-9(11,12)6-2-1-4-8-5-3-7-13-8/h3,5,7H,1-2,4,6H2. The minimum absolute atomic E-state index is 0.237. The summed E-state index contributed by atoms with van der Waals surface area (Å²) in [4.78, 5) is 1.17. The Kier molecular flexibility index (Phi) is 3.78. The molecular weight excluding hydrogens is 197 g/mol. The van der Waals surface area contributed by atoms with Gasteiger partial charge in [-0.15, -0.1) is 11.3 Å². The summed E-state index contributed by atoms with van der Waals surface area (Å²) in [5, 5.41) is 1.94. The largest absolute Gasteiger partial charge is 0.389 e. The molecule has 0 aliphatic rings. The summed E-state index contributed by atoms with van der Waals surface area (Å²) in [7, 11) is 0. The molecule has 0 amide bonds. The summed E-state index contributed by atoms with van der Waals surface area (Å²) in [6.07, 6.45) is -3.01. The van der Waals surface area contributed by atoms with Gasteiger partial charge in [0.2, 0.25) is 0 Å². The van der Waals surface area contributed by atoms with Gasteiger partial charge in [-0.25, -0.2) is 0 Å². The van der Waals surface area contributed by atoms with Gasteiger partial charge in [0, 0.05) is 11.3 Å². The molecule has 1 aromatic heterocycles. The Balaban J connectivity index is 2.09. The van der Waals surface area contributed by atoms with Crippen LogP contribution in [0.25, 0.3) is 0 Å². The molecule has 0 fully saturated rings. The molecule has 0 radical (unpaired) electrons. The van der Waals surface area contributed by atoms with Crippen LogP contribution in [-0.4, -0.2) is 6.18 Å². The van der Waals surface area contributed by atoms with Crippen LogP contribution in [0, 0.1) is 0 Å². The van der Waals surface area contributed by atoms with Crippen LogP contribution < -0.4 is 0 Å². The van der Waals surface area contributed by atoms with Crippen LogP contribution in [0.5, 0.6) is 0 Å². The van der Waals surface area contributed by atoms with E-state index in [-0.39, 0.29) is 6.42 Å². The third-order valence-corrected chi connectivity index (χ3v) is 2.65. The fourth-order valence-corrected chi connectivity index (χ4v) is 1.83. The van der Waals surface area contributed by atoms with Crippen molar-refractivity contribution in [2.75, 3.05) is 0 Å². The SMILES string of the molecule is FC(F)(F)CCCCc1cccs1. The Bertz CT molecular complexity index is 226. The highest BCUT2D eigenvalue weighted by atomic mass is 32.1. The van der Waals surface area contributed by atoms with Gasteiger partial charge in [0.15, 0.2) is 0 Å². The van der Waals surface area contributed by atoms with Crippen molar-refractivity contribution >= 4 is 11.3 Å². The van der Waals surface area contributed by atoms with Crippen molar-refractivity contribution in [2.45, 2.75) is 31.9 Å². The highest BCUT2D eigenvalue weighted by Crippen LogP contribution is 2.23. The number of rotatable bonds is 4. The maximum absolute atomic E-state index is 11.7. The van der Waals surface area contributed by atoms with E-state index in [1.807, 2.05) is 17.5 Å². The van der Waals surface area contributed by atoms with Crippen LogP contribution in [-0.2, 0) is 6.42 Å². The van der Waals surface area contributed by atoms with E-state index in [1.165, 1.54) is 4.88 Å². The van der Waals surface area contributed by atoms with Crippen molar-refractivity contribution in [1.82, 2.24) is 0 Å². The molecule has 13 heavy (non-hydrogen) atoms. The molecule has 4 heteroatoms. The second-order valence-corrected chi connectivity index (χ2v) is 3.93. The molecule has 0 nitrogen and oxygen atoms in total. The maximum Gasteiger partial charge on any atom is 0.389 e. The quantitative estimate of drug-likeness (QED) is 0.655. The molecule has 0 aromatic carbocycles. The molecule has 0 bridgehead atoms. The normalized spacial score (nSPS) is 11.9. The van der Waals surface area contributed by atoms with Gasteiger partial charge in [0.1, 0.15) is 0 Å². The number of unbranched alkanes of at least 4 members (excludes halogenated alkanes) is 1. The minimum atomic E-state index is -3.99. The molecule has 74 valence electrons. The van der Waals surface area contributed by atoms with Crippen LogP contribution in [0.4, 0.5) is 13.2 Å². The van der Waals surface area contributed by atoms with Gasteiger partial charge in [-0.05, 0) is 30.7 Å². The van der Waals surface area contributed by atoms with Crippen molar-refractivity contribution in [2.24, 2.45) is 0 Å². The molecule has 0 aliphatic carbocycles. The minimum Gasteiger partial charge on any atom is -0.171 e. The van der Waals surface area contributed by atoms with E-state index < -0.39 is 12.6 Å². The first-order valence-electron chi connectivity index (χ1n) is 4.17. The van der Waals surface area contributed by atoms with Crippen molar-refractivity contribution in [3.05, 3.63) is 22.4 Å². The highest BCUT2D eigenvalue weighted by Gasteiger charge is 2.25. The molecule has 0 saturated heterocycles. The van der Waals surface area contributed by atoms with Crippen molar-refractivity contribution < 1.29 is 13.2 Å².